The lowest BCUT2D eigenvalue weighted by molar-refractivity contribution is 0.0944. The first-order valence-electron chi connectivity index (χ1n) is 7.07. The highest BCUT2D eigenvalue weighted by atomic mass is 16.5. The molecule has 0 bridgehead atoms. The van der Waals surface area contributed by atoms with Crippen LogP contribution in [0, 0.1) is 0 Å². The van der Waals surface area contributed by atoms with E-state index in [1.165, 1.54) is 0 Å². The summed E-state index contributed by atoms with van der Waals surface area (Å²) in [4.78, 5) is 16.4. The minimum absolute atomic E-state index is 0.0825. The molecular weight excluding hydrogens is 280 g/mol. The number of hydrogen-bond donors (Lipinski definition) is 2. The van der Waals surface area contributed by atoms with Gasteiger partial charge in [-0.2, -0.15) is 0 Å². The molecule has 0 saturated carbocycles. The number of rotatable bonds is 4. The van der Waals surface area contributed by atoms with Crippen LogP contribution >= 0.6 is 0 Å². The van der Waals surface area contributed by atoms with Crippen LogP contribution in [0.15, 0.2) is 53.5 Å². The van der Waals surface area contributed by atoms with Gasteiger partial charge in [-0.1, -0.05) is 24.3 Å². The first-order chi connectivity index (χ1) is 10.8. The number of fused-ring (bicyclic) bond motifs is 1. The number of aliphatic hydroxyl groups is 1. The van der Waals surface area contributed by atoms with Crippen LogP contribution in [-0.2, 0) is 11.3 Å². The van der Waals surface area contributed by atoms with Crippen LogP contribution in [0.1, 0.15) is 21.5 Å². The molecule has 0 aromatic heterocycles. The van der Waals surface area contributed by atoms with E-state index < -0.39 is 0 Å². The van der Waals surface area contributed by atoms with Crippen molar-refractivity contribution in [3.8, 4) is 0 Å². The lowest BCUT2D eigenvalue weighted by Crippen LogP contribution is -2.26. The number of aliphatic hydroxyl groups excluding tert-OH is 1. The maximum absolute atomic E-state index is 11.9. The summed E-state index contributed by atoms with van der Waals surface area (Å²) in [5.41, 5.74) is 3.11. The molecule has 0 saturated heterocycles. The van der Waals surface area contributed by atoms with Gasteiger partial charge in [-0.05, 0) is 24.3 Å². The number of hydrogen-bond acceptors (Lipinski definition) is 4. The smallest absolute Gasteiger partial charge is 0.251 e. The van der Waals surface area contributed by atoms with E-state index in [0.29, 0.717) is 18.1 Å². The molecule has 1 amide bonds. The molecule has 0 spiro atoms. The number of carbonyl (C=O) groups excluding carboxylic acids is 1. The van der Waals surface area contributed by atoms with Gasteiger partial charge >= 0.3 is 0 Å². The number of nitrogens with zero attached hydrogens (tertiary/aromatic N) is 1. The molecule has 1 aliphatic heterocycles. The monoisotopic (exact) mass is 296 g/mol. The van der Waals surface area contributed by atoms with Gasteiger partial charge in [0.1, 0.15) is 6.61 Å². The maximum atomic E-state index is 11.9. The molecule has 2 aromatic carbocycles. The largest absolute Gasteiger partial charge is 0.472 e. The normalized spacial score (nSPS) is 12.9. The minimum Gasteiger partial charge on any atom is -0.472 e. The van der Waals surface area contributed by atoms with Crippen molar-refractivity contribution >= 4 is 17.5 Å². The molecule has 0 unspecified atom stereocenters. The Balaban J connectivity index is 1.89. The second-order valence-electron chi connectivity index (χ2n) is 4.89. The van der Waals surface area contributed by atoms with Gasteiger partial charge in [0, 0.05) is 23.2 Å². The first kappa shape index (κ1) is 14.3. The Bertz CT molecular complexity index is 711. The highest BCUT2D eigenvalue weighted by Crippen LogP contribution is 2.27. The summed E-state index contributed by atoms with van der Waals surface area (Å²) in [7, 11) is 0. The van der Waals surface area contributed by atoms with Gasteiger partial charge in [0.25, 0.3) is 5.91 Å². The number of carbonyl (C=O) groups is 1. The third-order valence-corrected chi connectivity index (χ3v) is 3.35. The highest BCUT2D eigenvalue weighted by molar-refractivity contribution is 5.98. The summed E-state index contributed by atoms with van der Waals surface area (Å²) in [6.45, 7) is 0.583. The SMILES string of the molecule is O=C(NCCO)c1ccc2c(c1)N=C(c1ccccc1)OC2. The summed E-state index contributed by atoms with van der Waals surface area (Å²) in [6, 6.07) is 15.0. The fraction of sp³-hybridized carbons (Fsp3) is 0.176. The predicted octanol–water partition coefficient (Wildman–Crippen LogP) is 2.02. The van der Waals surface area contributed by atoms with Crippen LogP contribution in [0.3, 0.4) is 0 Å². The number of aliphatic imine (C=N–C) groups is 1. The topological polar surface area (TPSA) is 70.9 Å². The number of nitrogens with one attached hydrogen (secondary N) is 1. The Morgan fingerprint density at radius 1 is 1.23 bits per heavy atom. The molecule has 1 aliphatic rings. The van der Waals surface area contributed by atoms with Crippen LogP contribution in [0.25, 0.3) is 0 Å². The zero-order valence-corrected chi connectivity index (χ0v) is 12.0. The Morgan fingerprint density at radius 3 is 2.82 bits per heavy atom. The van der Waals surface area contributed by atoms with Gasteiger partial charge in [-0.15, -0.1) is 0 Å². The van der Waals surface area contributed by atoms with Gasteiger partial charge in [0.05, 0.1) is 12.3 Å². The van der Waals surface area contributed by atoms with Crippen LogP contribution in [0.4, 0.5) is 5.69 Å². The molecule has 1 heterocycles. The third-order valence-electron chi connectivity index (χ3n) is 3.35. The van der Waals surface area contributed by atoms with Gasteiger partial charge in [-0.3, -0.25) is 4.79 Å². The number of benzene rings is 2. The van der Waals surface area contributed by atoms with Crippen molar-refractivity contribution in [2.24, 2.45) is 4.99 Å². The van der Waals surface area contributed by atoms with Crippen molar-refractivity contribution in [2.75, 3.05) is 13.2 Å². The van der Waals surface area contributed by atoms with Crippen LogP contribution in [0.5, 0.6) is 0 Å². The average molecular weight is 296 g/mol. The van der Waals surface area contributed by atoms with Crippen molar-refractivity contribution in [1.29, 1.82) is 0 Å². The zero-order valence-electron chi connectivity index (χ0n) is 12.0. The molecule has 3 rings (SSSR count). The molecule has 0 atom stereocenters. The van der Waals surface area contributed by atoms with E-state index >= 15 is 0 Å². The molecule has 112 valence electrons. The van der Waals surface area contributed by atoms with Crippen molar-refractivity contribution in [1.82, 2.24) is 5.32 Å². The molecule has 5 nitrogen and oxygen atoms in total. The molecule has 0 radical (unpaired) electrons. The minimum atomic E-state index is -0.222. The van der Waals surface area contributed by atoms with Gasteiger partial charge in [0.15, 0.2) is 0 Å². The number of amides is 1. The molecule has 0 aliphatic carbocycles. The predicted molar refractivity (Wildman–Crippen MR) is 83.3 cm³/mol. The maximum Gasteiger partial charge on any atom is 0.251 e. The zero-order chi connectivity index (χ0) is 15.4. The van der Waals surface area contributed by atoms with Crippen LogP contribution in [0.2, 0.25) is 0 Å². The molecular formula is C17H16N2O3. The van der Waals surface area contributed by atoms with Gasteiger partial charge in [-0.25, -0.2) is 4.99 Å². The Kier molecular flexibility index (Phi) is 4.16. The van der Waals surface area contributed by atoms with Gasteiger partial charge in [0.2, 0.25) is 5.90 Å². The van der Waals surface area contributed by atoms with Crippen LogP contribution < -0.4 is 5.32 Å². The van der Waals surface area contributed by atoms with Gasteiger partial charge < -0.3 is 15.2 Å². The Morgan fingerprint density at radius 2 is 2.05 bits per heavy atom. The van der Waals surface area contributed by atoms with E-state index in [2.05, 4.69) is 10.3 Å². The summed E-state index contributed by atoms with van der Waals surface area (Å²) < 4.78 is 5.67. The van der Waals surface area contributed by atoms with E-state index in [4.69, 9.17) is 9.84 Å². The summed E-state index contributed by atoms with van der Waals surface area (Å²) in [5, 5.41) is 11.4. The Hall–Kier alpha value is -2.66. The second-order valence-corrected chi connectivity index (χ2v) is 4.89. The molecule has 2 aromatic rings. The first-order valence-corrected chi connectivity index (χ1v) is 7.07. The lowest BCUT2D eigenvalue weighted by Gasteiger charge is -2.17. The highest BCUT2D eigenvalue weighted by Gasteiger charge is 2.16. The summed E-state index contributed by atoms with van der Waals surface area (Å²) >= 11 is 0. The molecule has 0 fully saturated rings. The van der Waals surface area contributed by atoms with E-state index in [0.717, 1.165) is 16.8 Å². The lowest BCUT2D eigenvalue weighted by atomic mass is 10.1. The van der Waals surface area contributed by atoms with E-state index in [-0.39, 0.29) is 19.1 Å². The van der Waals surface area contributed by atoms with E-state index in [1.54, 1.807) is 12.1 Å². The molecule has 22 heavy (non-hydrogen) atoms. The van der Waals surface area contributed by atoms with Crippen molar-refractivity contribution in [3.05, 3.63) is 65.2 Å². The molecule has 5 heteroatoms. The summed E-state index contributed by atoms with van der Waals surface area (Å²) in [5.74, 6) is 0.334. The molecule has 2 N–H and O–H groups in total. The fourth-order valence-corrected chi connectivity index (χ4v) is 2.22. The second kappa shape index (κ2) is 6.41. The number of ether oxygens (including phenoxy) is 1. The third kappa shape index (κ3) is 2.99. The summed E-state index contributed by atoms with van der Waals surface area (Å²) in [6.07, 6.45) is 0. The Labute approximate surface area is 128 Å². The quantitative estimate of drug-likeness (QED) is 0.906. The fourth-order valence-electron chi connectivity index (χ4n) is 2.22. The van der Waals surface area contributed by atoms with Crippen LogP contribution in [-0.4, -0.2) is 30.1 Å². The van der Waals surface area contributed by atoms with Crippen molar-refractivity contribution < 1.29 is 14.6 Å². The van der Waals surface area contributed by atoms with Crippen molar-refractivity contribution in [3.63, 3.8) is 0 Å². The standard InChI is InChI=1S/C17H16N2O3/c20-9-8-18-16(21)13-6-7-14-11-22-17(19-15(14)10-13)12-4-2-1-3-5-12/h1-7,10,20H,8-9,11H2,(H,18,21). The average Bonchev–Trinajstić information content (AvgIpc) is 2.59. The van der Waals surface area contributed by atoms with E-state index in [1.807, 2.05) is 36.4 Å². The van der Waals surface area contributed by atoms with E-state index in [9.17, 15) is 4.79 Å². The van der Waals surface area contributed by atoms with Crippen molar-refractivity contribution in [2.45, 2.75) is 6.61 Å².